The minimum atomic E-state index is 0.00949. The largest absolute Gasteiger partial charge is 0.488 e. The van der Waals surface area contributed by atoms with Crippen LogP contribution in [0.25, 0.3) is 11.3 Å². The number of nitrogens with one attached hydrogen (secondary N) is 1. The number of likely N-dealkylation sites (tertiary alicyclic amines) is 1. The Kier molecular flexibility index (Phi) is 5.67. The van der Waals surface area contributed by atoms with Gasteiger partial charge in [0.15, 0.2) is 0 Å². The molecule has 0 unspecified atom stereocenters. The third kappa shape index (κ3) is 4.22. The summed E-state index contributed by atoms with van der Waals surface area (Å²) in [6, 6.07) is 7.92. The molecule has 1 aromatic heterocycles. The summed E-state index contributed by atoms with van der Waals surface area (Å²) in [6.45, 7) is 9.52. The fourth-order valence-electron chi connectivity index (χ4n) is 4.60. The minimum absolute atomic E-state index is 0.00949. The smallest absolute Gasteiger partial charge is 0.241 e. The van der Waals surface area contributed by atoms with E-state index in [2.05, 4.69) is 29.2 Å². The summed E-state index contributed by atoms with van der Waals surface area (Å²) in [5.74, 6) is 2.41. The Balaban J connectivity index is 1.28. The number of hydrogen-bond donors (Lipinski definition) is 1. The van der Waals surface area contributed by atoms with Gasteiger partial charge in [-0.2, -0.15) is 5.10 Å². The Morgan fingerprint density at radius 1 is 1.25 bits per heavy atom. The maximum absolute atomic E-state index is 12.4. The maximum Gasteiger partial charge on any atom is 0.241 e. The molecule has 150 valence electrons. The summed E-state index contributed by atoms with van der Waals surface area (Å²) in [4.78, 5) is 15.0. The van der Waals surface area contributed by atoms with E-state index in [0.717, 1.165) is 47.4 Å². The van der Waals surface area contributed by atoms with Gasteiger partial charge in [-0.3, -0.25) is 9.48 Å². The summed E-state index contributed by atoms with van der Waals surface area (Å²) < 4.78 is 7.55. The normalized spacial score (nSPS) is 21.5. The number of aromatic nitrogens is 2. The van der Waals surface area contributed by atoms with Crippen LogP contribution in [0.4, 0.5) is 0 Å². The second kappa shape index (κ2) is 8.35. The standard InChI is InChI=1S/C22H30N4O2/c1-16-10-17(2)13-25(12-16)9-5-8-23-21(27)14-26-22-18(11-24-26)15-28-20-7-4-3-6-19(20)22/h3-4,6-7,11,16-17H,5,8-10,12-15H2,1-2H3,(H,23,27)/t16-,17+. The number of carbonyl (C=O) groups is 1. The summed E-state index contributed by atoms with van der Waals surface area (Å²) >= 11 is 0. The monoisotopic (exact) mass is 382 g/mol. The van der Waals surface area contributed by atoms with Crippen LogP contribution in [0.1, 0.15) is 32.3 Å². The molecule has 2 aliphatic rings. The van der Waals surface area contributed by atoms with E-state index in [4.69, 9.17) is 4.74 Å². The lowest BCUT2D eigenvalue weighted by atomic mass is 9.92. The molecule has 6 heteroatoms. The molecule has 2 aromatic rings. The summed E-state index contributed by atoms with van der Waals surface area (Å²) in [6.07, 6.45) is 4.12. The van der Waals surface area contributed by atoms with E-state index in [-0.39, 0.29) is 12.5 Å². The number of fused-ring (bicyclic) bond motifs is 3. The van der Waals surface area contributed by atoms with Crippen LogP contribution < -0.4 is 10.1 Å². The maximum atomic E-state index is 12.4. The Bertz CT molecular complexity index is 822. The molecule has 2 aliphatic heterocycles. The number of nitrogens with zero attached hydrogens (tertiary/aromatic N) is 3. The van der Waals surface area contributed by atoms with Crippen molar-refractivity contribution in [3.8, 4) is 17.0 Å². The SMILES string of the molecule is C[C@@H]1C[C@H](C)CN(CCCNC(=O)Cn2ncc3c2-c2ccccc2OC3)C1. The zero-order valence-corrected chi connectivity index (χ0v) is 16.9. The first-order chi connectivity index (χ1) is 13.6. The van der Waals surface area contributed by atoms with Gasteiger partial charge < -0.3 is 15.0 Å². The first kappa shape index (κ1) is 19.0. The van der Waals surface area contributed by atoms with E-state index >= 15 is 0 Å². The van der Waals surface area contributed by atoms with Crippen molar-refractivity contribution in [2.75, 3.05) is 26.2 Å². The van der Waals surface area contributed by atoms with Gasteiger partial charge in [-0.1, -0.05) is 26.0 Å². The Morgan fingerprint density at radius 3 is 2.86 bits per heavy atom. The highest BCUT2D eigenvalue weighted by Crippen LogP contribution is 2.36. The summed E-state index contributed by atoms with van der Waals surface area (Å²) in [5.41, 5.74) is 3.02. The molecule has 1 amide bonds. The van der Waals surface area contributed by atoms with Crippen molar-refractivity contribution in [1.82, 2.24) is 20.0 Å². The molecule has 1 aromatic carbocycles. The quantitative estimate of drug-likeness (QED) is 0.781. The average molecular weight is 383 g/mol. The van der Waals surface area contributed by atoms with Gasteiger partial charge in [0.1, 0.15) is 18.9 Å². The second-order valence-corrected chi connectivity index (χ2v) is 8.37. The van der Waals surface area contributed by atoms with Crippen molar-refractivity contribution in [3.05, 3.63) is 36.0 Å². The van der Waals surface area contributed by atoms with Crippen LogP contribution in [-0.4, -0.2) is 46.8 Å². The highest BCUT2D eigenvalue weighted by atomic mass is 16.5. The topological polar surface area (TPSA) is 59.4 Å². The molecule has 2 atom stereocenters. The molecule has 0 spiro atoms. The van der Waals surface area contributed by atoms with Gasteiger partial charge in [-0.15, -0.1) is 0 Å². The molecule has 1 saturated heterocycles. The van der Waals surface area contributed by atoms with E-state index in [1.165, 1.54) is 19.5 Å². The van der Waals surface area contributed by atoms with E-state index in [9.17, 15) is 4.79 Å². The number of benzene rings is 1. The minimum Gasteiger partial charge on any atom is -0.488 e. The molecule has 1 N–H and O–H groups in total. The zero-order valence-electron chi connectivity index (χ0n) is 16.9. The first-order valence-corrected chi connectivity index (χ1v) is 10.4. The van der Waals surface area contributed by atoms with E-state index in [1.54, 1.807) is 10.9 Å². The summed E-state index contributed by atoms with van der Waals surface area (Å²) in [5, 5.41) is 7.48. The lowest BCUT2D eigenvalue weighted by Gasteiger charge is -2.34. The number of amides is 1. The van der Waals surface area contributed by atoms with E-state index in [1.807, 2.05) is 24.3 Å². The number of carbonyl (C=O) groups excluding carboxylic acids is 1. The van der Waals surface area contributed by atoms with E-state index in [0.29, 0.717) is 13.2 Å². The van der Waals surface area contributed by atoms with E-state index < -0.39 is 0 Å². The van der Waals surface area contributed by atoms with Crippen LogP contribution in [0.5, 0.6) is 5.75 Å². The number of ether oxygens (including phenoxy) is 1. The Hall–Kier alpha value is -2.34. The predicted molar refractivity (Wildman–Crippen MR) is 109 cm³/mol. The fraction of sp³-hybridized carbons (Fsp3) is 0.545. The van der Waals surface area contributed by atoms with Crippen LogP contribution in [0.15, 0.2) is 30.5 Å². The lowest BCUT2D eigenvalue weighted by Crippen LogP contribution is -2.40. The highest BCUT2D eigenvalue weighted by Gasteiger charge is 2.23. The summed E-state index contributed by atoms with van der Waals surface area (Å²) in [7, 11) is 0. The van der Waals surface area contributed by atoms with Crippen molar-refractivity contribution in [2.24, 2.45) is 11.8 Å². The zero-order chi connectivity index (χ0) is 19.5. The van der Waals surface area contributed by atoms with Gasteiger partial charge in [-0.25, -0.2) is 0 Å². The van der Waals surface area contributed by atoms with Gasteiger partial charge in [0.2, 0.25) is 5.91 Å². The molecular weight excluding hydrogens is 352 g/mol. The molecule has 0 bridgehead atoms. The Morgan fingerprint density at radius 2 is 2.04 bits per heavy atom. The second-order valence-electron chi connectivity index (χ2n) is 8.37. The van der Waals surface area contributed by atoms with Gasteiger partial charge in [0.05, 0.1) is 11.9 Å². The van der Waals surface area contributed by atoms with Crippen LogP contribution >= 0.6 is 0 Å². The van der Waals surface area contributed by atoms with Gasteiger partial charge >= 0.3 is 0 Å². The fourth-order valence-corrected chi connectivity index (χ4v) is 4.60. The number of rotatable bonds is 6. The van der Waals surface area contributed by atoms with Crippen molar-refractivity contribution in [3.63, 3.8) is 0 Å². The predicted octanol–water partition coefficient (Wildman–Crippen LogP) is 2.93. The van der Waals surface area contributed by atoms with Gasteiger partial charge in [0, 0.05) is 30.8 Å². The Labute approximate surface area is 166 Å². The third-order valence-corrected chi connectivity index (χ3v) is 5.65. The molecular formula is C22H30N4O2. The van der Waals surface area contributed by atoms with Crippen LogP contribution in [-0.2, 0) is 17.9 Å². The van der Waals surface area contributed by atoms with Crippen molar-refractivity contribution < 1.29 is 9.53 Å². The van der Waals surface area contributed by atoms with Crippen LogP contribution in [0, 0.1) is 11.8 Å². The molecule has 1 fully saturated rings. The van der Waals surface area contributed by atoms with Gasteiger partial charge in [-0.05, 0) is 43.4 Å². The molecule has 0 aliphatic carbocycles. The van der Waals surface area contributed by atoms with Crippen molar-refractivity contribution in [2.45, 2.75) is 39.8 Å². The number of para-hydroxylation sites is 1. The molecule has 6 nitrogen and oxygen atoms in total. The lowest BCUT2D eigenvalue weighted by molar-refractivity contribution is -0.121. The first-order valence-electron chi connectivity index (χ1n) is 10.4. The van der Waals surface area contributed by atoms with Crippen LogP contribution in [0.3, 0.4) is 0 Å². The number of hydrogen-bond acceptors (Lipinski definition) is 4. The number of piperidine rings is 1. The molecule has 0 saturated carbocycles. The van der Waals surface area contributed by atoms with Crippen molar-refractivity contribution in [1.29, 1.82) is 0 Å². The molecule has 4 rings (SSSR count). The average Bonchev–Trinajstić information content (AvgIpc) is 3.08. The van der Waals surface area contributed by atoms with Gasteiger partial charge in [0.25, 0.3) is 0 Å². The highest BCUT2D eigenvalue weighted by molar-refractivity contribution is 5.78. The molecule has 3 heterocycles. The molecule has 28 heavy (non-hydrogen) atoms. The van der Waals surface area contributed by atoms with Crippen LogP contribution in [0.2, 0.25) is 0 Å². The third-order valence-electron chi connectivity index (χ3n) is 5.65. The molecule has 0 radical (unpaired) electrons. The van der Waals surface area contributed by atoms with Crippen molar-refractivity contribution >= 4 is 5.91 Å².